The highest BCUT2D eigenvalue weighted by Gasteiger charge is 2.49. The van der Waals surface area contributed by atoms with Gasteiger partial charge in [-0.1, -0.05) is 36.2 Å². The maximum atomic E-state index is 12.5. The van der Waals surface area contributed by atoms with Crippen molar-refractivity contribution in [1.82, 2.24) is 4.90 Å². The summed E-state index contributed by atoms with van der Waals surface area (Å²) < 4.78 is 5.46. The zero-order valence-electron chi connectivity index (χ0n) is 15.5. The number of nitrogens with zero attached hydrogens (tertiary/aromatic N) is 1. The predicted molar refractivity (Wildman–Crippen MR) is 102 cm³/mol. The van der Waals surface area contributed by atoms with Crippen LogP contribution in [-0.2, 0) is 9.53 Å². The van der Waals surface area contributed by atoms with Gasteiger partial charge in [-0.2, -0.15) is 0 Å². The van der Waals surface area contributed by atoms with E-state index in [1.54, 1.807) is 43.9 Å². The number of aliphatic carboxylic acids is 1. The number of carbonyl (C=O) groups excluding carboxylic acids is 1. The number of likely N-dealkylation sites (tertiary alicyclic amines) is 1. The third kappa shape index (κ3) is 4.26. The number of hydrogen-bond acceptors (Lipinski definition) is 3. The van der Waals surface area contributed by atoms with E-state index in [-0.39, 0.29) is 6.54 Å². The van der Waals surface area contributed by atoms with E-state index in [0.29, 0.717) is 29.4 Å². The second kappa shape index (κ2) is 7.65. The van der Waals surface area contributed by atoms with Crippen molar-refractivity contribution < 1.29 is 19.4 Å². The Bertz CT molecular complexity index is 701. The smallest absolute Gasteiger partial charge is 0.410 e. The molecular formula is C19H25Cl2NO4. The molecule has 1 aliphatic rings. The lowest BCUT2D eigenvalue weighted by Gasteiger charge is -2.45. The summed E-state index contributed by atoms with van der Waals surface area (Å²) in [4.78, 5) is 26.2. The van der Waals surface area contributed by atoms with Gasteiger partial charge in [-0.05, 0) is 51.3 Å². The highest BCUT2D eigenvalue weighted by molar-refractivity contribution is 6.42. The monoisotopic (exact) mass is 401 g/mol. The molecule has 26 heavy (non-hydrogen) atoms. The van der Waals surface area contributed by atoms with Gasteiger partial charge in [-0.25, -0.2) is 4.79 Å². The van der Waals surface area contributed by atoms with E-state index in [1.807, 2.05) is 6.92 Å². The van der Waals surface area contributed by atoms with Crippen molar-refractivity contribution >= 4 is 35.3 Å². The molecule has 0 aromatic heterocycles. The van der Waals surface area contributed by atoms with Crippen molar-refractivity contribution in [2.75, 3.05) is 13.1 Å². The summed E-state index contributed by atoms with van der Waals surface area (Å²) in [6.45, 7) is 7.87. The molecule has 1 aromatic carbocycles. The third-order valence-corrected chi connectivity index (χ3v) is 5.69. The van der Waals surface area contributed by atoms with Crippen LogP contribution in [0.2, 0.25) is 10.0 Å². The topological polar surface area (TPSA) is 66.8 Å². The first-order valence-electron chi connectivity index (χ1n) is 8.66. The number of amides is 1. The zero-order chi connectivity index (χ0) is 19.7. The Morgan fingerprint density at radius 2 is 1.96 bits per heavy atom. The van der Waals surface area contributed by atoms with Gasteiger partial charge in [0.2, 0.25) is 0 Å². The SMILES string of the molecule is CC[C@@]1(C(=O)O)CCN(C(=O)OC(C)(C)C)C[C@H]1c1ccc(Cl)c(Cl)c1. The molecule has 0 unspecified atom stereocenters. The maximum absolute atomic E-state index is 12.5. The van der Waals surface area contributed by atoms with Crippen LogP contribution in [0.15, 0.2) is 18.2 Å². The fourth-order valence-corrected chi connectivity index (χ4v) is 3.78. The Morgan fingerprint density at radius 1 is 1.31 bits per heavy atom. The van der Waals surface area contributed by atoms with Gasteiger partial charge in [0.05, 0.1) is 15.5 Å². The lowest BCUT2D eigenvalue weighted by atomic mass is 9.66. The minimum atomic E-state index is -0.963. The van der Waals surface area contributed by atoms with E-state index in [1.165, 1.54) is 0 Å². The van der Waals surface area contributed by atoms with E-state index < -0.39 is 29.0 Å². The molecule has 0 spiro atoms. The molecule has 1 fully saturated rings. The van der Waals surface area contributed by atoms with Crippen LogP contribution in [0.3, 0.4) is 0 Å². The quantitative estimate of drug-likeness (QED) is 0.755. The van der Waals surface area contributed by atoms with Gasteiger partial charge in [0.15, 0.2) is 0 Å². The molecule has 0 radical (unpaired) electrons. The molecule has 1 heterocycles. The number of ether oxygens (including phenoxy) is 1. The summed E-state index contributed by atoms with van der Waals surface area (Å²) in [6.07, 6.45) is 0.371. The van der Waals surface area contributed by atoms with E-state index in [0.717, 1.165) is 5.56 Å². The molecule has 1 aromatic rings. The van der Waals surface area contributed by atoms with Crippen molar-refractivity contribution in [3.63, 3.8) is 0 Å². The summed E-state index contributed by atoms with van der Waals surface area (Å²) in [7, 11) is 0. The van der Waals surface area contributed by atoms with Crippen LogP contribution < -0.4 is 0 Å². The van der Waals surface area contributed by atoms with E-state index in [9.17, 15) is 14.7 Å². The van der Waals surface area contributed by atoms with Gasteiger partial charge in [0.25, 0.3) is 0 Å². The summed E-state index contributed by atoms with van der Waals surface area (Å²) >= 11 is 12.2. The summed E-state index contributed by atoms with van der Waals surface area (Å²) in [6, 6.07) is 5.14. The number of piperidine rings is 1. The van der Waals surface area contributed by atoms with Crippen molar-refractivity contribution in [2.45, 2.75) is 52.1 Å². The molecule has 1 N–H and O–H groups in total. The maximum Gasteiger partial charge on any atom is 0.410 e. The Balaban J connectivity index is 2.39. The Kier molecular flexibility index (Phi) is 6.13. The van der Waals surface area contributed by atoms with Crippen LogP contribution in [0.25, 0.3) is 0 Å². The number of benzene rings is 1. The number of halogens is 2. The Hall–Kier alpha value is -1.46. The highest BCUT2D eigenvalue weighted by Crippen LogP contribution is 2.47. The van der Waals surface area contributed by atoms with Gasteiger partial charge < -0.3 is 14.7 Å². The number of carbonyl (C=O) groups is 2. The van der Waals surface area contributed by atoms with Gasteiger partial charge in [0, 0.05) is 19.0 Å². The second-order valence-electron chi connectivity index (χ2n) is 7.72. The van der Waals surface area contributed by atoms with E-state index >= 15 is 0 Å². The third-order valence-electron chi connectivity index (χ3n) is 4.95. The van der Waals surface area contributed by atoms with Crippen LogP contribution in [0, 0.1) is 5.41 Å². The molecule has 1 aliphatic heterocycles. The fraction of sp³-hybridized carbons (Fsp3) is 0.579. The molecule has 1 saturated heterocycles. The summed E-state index contributed by atoms with van der Waals surface area (Å²) in [5, 5.41) is 10.7. The van der Waals surface area contributed by atoms with Crippen molar-refractivity contribution in [2.24, 2.45) is 5.41 Å². The lowest BCUT2D eigenvalue weighted by molar-refractivity contribution is -0.154. The molecule has 2 rings (SSSR count). The lowest BCUT2D eigenvalue weighted by Crippen LogP contribution is -2.52. The normalized spacial score (nSPS) is 23.6. The number of rotatable bonds is 3. The second-order valence-corrected chi connectivity index (χ2v) is 8.53. The average molecular weight is 402 g/mol. The fourth-order valence-electron chi connectivity index (χ4n) is 3.47. The molecule has 7 heteroatoms. The summed E-state index contributed by atoms with van der Waals surface area (Å²) in [5.74, 6) is -1.26. The minimum Gasteiger partial charge on any atom is -0.481 e. The minimum absolute atomic E-state index is 0.257. The first-order chi connectivity index (χ1) is 12.0. The molecule has 0 aliphatic carbocycles. The molecule has 2 atom stereocenters. The van der Waals surface area contributed by atoms with Gasteiger partial charge in [-0.3, -0.25) is 4.79 Å². The molecular weight excluding hydrogens is 377 g/mol. The first-order valence-corrected chi connectivity index (χ1v) is 9.42. The number of hydrogen-bond donors (Lipinski definition) is 1. The van der Waals surface area contributed by atoms with Crippen LogP contribution in [-0.4, -0.2) is 40.8 Å². The molecule has 0 saturated carbocycles. The van der Waals surface area contributed by atoms with Gasteiger partial charge in [-0.15, -0.1) is 0 Å². The first kappa shape index (κ1) is 20.8. The van der Waals surface area contributed by atoms with Crippen LogP contribution >= 0.6 is 23.2 Å². The number of carboxylic acid groups (broad SMARTS) is 1. The zero-order valence-corrected chi connectivity index (χ0v) is 17.0. The molecule has 144 valence electrons. The Morgan fingerprint density at radius 3 is 2.46 bits per heavy atom. The molecule has 5 nitrogen and oxygen atoms in total. The standard InChI is InChI=1S/C19H25Cl2NO4/c1-5-19(16(23)24)8-9-22(17(25)26-18(2,3)4)11-13(19)12-6-7-14(20)15(21)10-12/h6-7,10,13H,5,8-9,11H2,1-4H3,(H,23,24)/t13-,19+/m0/s1. The predicted octanol–water partition coefficient (Wildman–Crippen LogP) is 5.20. The van der Waals surface area contributed by atoms with Crippen molar-refractivity contribution in [1.29, 1.82) is 0 Å². The molecule has 1 amide bonds. The highest BCUT2D eigenvalue weighted by atomic mass is 35.5. The summed E-state index contributed by atoms with van der Waals surface area (Å²) in [5.41, 5.74) is -0.810. The van der Waals surface area contributed by atoms with Crippen LogP contribution in [0.5, 0.6) is 0 Å². The number of carboxylic acids is 1. The van der Waals surface area contributed by atoms with Crippen LogP contribution in [0.1, 0.15) is 52.0 Å². The van der Waals surface area contributed by atoms with Crippen LogP contribution in [0.4, 0.5) is 4.79 Å². The van der Waals surface area contributed by atoms with E-state index in [4.69, 9.17) is 27.9 Å². The largest absolute Gasteiger partial charge is 0.481 e. The Labute approximate surface area is 164 Å². The van der Waals surface area contributed by atoms with Crippen molar-refractivity contribution in [3.05, 3.63) is 33.8 Å². The van der Waals surface area contributed by atoms with Gasteiger partial charge in [0.1, 0.15) is 5.60 Å². The molecule has 0 bridgehead atoms. The van der Waals surface area contributed by atoms with Crippen molar-refractivity contribution in [3.8, 4) is 0 Å². The van der Waals surface area contributed by atoms with E-state index in [2.05, 4.69) is 0 Å². The average Bonchev–Trinajstić information content (AvgIpc) is 2.55. The van der Waals surface area contributed by atoms with Gasteiger partial charge >= 0.3 is 12.1 Å².